The normalized spacial score (nSPS) is 18.0. The molecule has 0 bridgehead atoms. The third-order valence-electron chi connectivity index (χ3n) is 3.70. The van der Waals surface area contributed by atoms with Gasteiger partial charge in [0, 0.05) is 16.2 Å². The predicted octanol–water partition coefficient (Wildman–Crippen LogP) is 2.98. The summed E-state index contributed by atoms with van der Waals surface area (Å²) in [6.45, 7) is 0. The van der Waals surface area contributed by atoms with Gasteiger partial charge < -0.3 is 11.1 Å². The Morgan fingerprint density at radius 3 is 2.62 bits per heavy atom. The highest BCUT2D eigenvalue weighted by Gasteiger charge is 2.18. The number of amides is 1. The summed E-state index contributed by atoms with van der Waals surface area (Å²) in [6.07, 6.45) is 6.85. The van der Waals surface area contributed by atoms with Crippen LogP contribution < -0.4 is 11.1 Å². The number of carbonyl (C=O) groups is 1. The van der Waals surface area contributed by atoms with E-state index in [9.17, 15) is 9.00 Å². The number of halogens is 1. The van der Waals surface area contributed by atoms with Crippen molar-refractivity contribution in [1.82, 2.24) is 5.32 Å². The number of benzene rings is 1. The van der Waals surface area contributed by atoms with E-state index in [1.807, 2.05) is 0 Å². The van der Waals surface area contributed by atoms with E-state index in [2.05, 4.69) is 21.2 Å². The standard InChI is InChI=1S/C15H21BrN2O2S/c16-11-7-8-13(17)14(9-11)21(20)10-15(19)18-12-5-3-1-2-4-6-12/h7-9,12H,1-6,10,17H2,(H,18,19). The second kappa shape index (κ2) is 7.94. The molecule has 0 radical (unpaired) electrons. The third-order valence-corrected chi connectivity index (χ3v) is 5.57. The van der Waals surface area contributed by atoms with Gasteiger partial charge in [0.05, 0.1) is 15.7 Å². The molecular weight excluding hydrogens is 352 g/mol. The fourth-order valence-corrected chi connectivity index (χ4v) is 4.17. The molecule has 4 nitrogen and oxygen atoms in total. The minimum atomic E-state index is -1.41. The maximum atomic E-state index is 12.3. The maximum absolute atomic E-state index is 12.3. The van der Waals surface area contributed by atoms with E-state index in [0.29, 0.717) is 10.6 Å². The predicted molar refractivity (Wildman–Crippen MR) is 89.5 cm³/mol. The van der Waals surface area contributed by atoms with Gasteiger partial charge in [0.1, 0.15) is 5.75 Å². The minimum Gasteiger partial charge on any atom is -0.398 e. The molecule has 1 atom stereocenters. The number of anilines is 1. The Kier molecular flexibility index (Phi) is 6.23. The van der Waals surface area contributed by atoms with E-state index < -0.39 is 10.8 Å². The van der Waals surface area contributed by atoms with Crippen LogP contribution in [0, 0.1) is 0 Å². The summed E-state index contributed by atoms with van der Waals surface area (Å²) in [5.41, 5.74) is 6.28. The summed E-state index contributed by atoms with van der Waals surface area (Å²) in [4.78, 5) is 12.6. The van der Waals surface area contributed by atoms with Crippen molar-refractivity contribution in [3.8, 4) is 0 Å². The Hall–Kier alpha value is -0.880. The van der Waals surface area contributed by atoms with E-state index in [0.717, 1.165) is 30.2 Å². The summed E-state index contributed by atoms with van der Waals surface area (Å²) in [7, 11) is -1.41. The molecule has 1 amide bonds. The molecule has 1 aromatic rings. The summed E-state index contributed by atoms with van der Waals surface area (Å²) in [6, 6.07) is 5.43. The lowest BCUT2D eigenvalue weighted by atomic mass is 10.1. The maximum Gasteiger partial charge on any atom is 0.233 e. The van der Waals surface area contributed by atoms with Crippen molar-refractivity contribution in [3.05, 3.63) is 22.7 Å². The van der Waals surface area contributed by atoms with E-state index in [1.54, 1.807) is 18.2 Å². The van der Waals surface area contributed by atoms with Gasteiger partial charge in [-0.15, -0.1) is 0 Å². The van der Waals surface area contributed by atoms with Gasteiger partial charge in [-0.2, -0.15) is 0 Å². The first-order valence-corrected chi connectivity index (χ1v) is 9.40. The molecule has 0 aliphatic heterocycles. The fourth-order valence-electron chi connectivity index (χ4n) is 2.60. The van der Waals surface area contributed by atoms with Crippen LogP contribution in [-0.4, -0.2) is 21.9 Å². The molecule has 3 N–H and O–H groups in total. The Labute approximate surface area is 136 Å². The number of nitrogen functional groups attached to an aromatic ring is 1. The second-order valence-electron chi connectivity index (χ2n) is 5.43. The Morgan fingerprint density at radius 2 is 1.95 bits per heavy atom. The molecule has 1 aromatic carbocycles. The smallest absolute Gasteiger partial charge is 0.233 e. The zero-order valence-electron chi connectivity index (χ0n) is 11.9. The highest BCUT2D eigenvalue weighted by molar-refractivity contribution is 9.10. The first kappa shape index (κ1) is 16.5. The van der Waals surface area contributed by atoms with Gasteiger partial charge in [0.25, 0.3) is 0 Å². The van der Waals surface area contributed by atoms with Crippen LogP contribution in [-0.2, 0) is 15.6 Å². The summed E-state index contributed by atoms with van der Waals surface area (Å²) in [5, 5.41) is 3.01. The fraction of sp³-hybridized carbons (Fsp3) is 0.533. The highest BCUT2D eigenvalue weighted by Crippen LogP contribution is 2.22. The topological polar surface area (TPSA) is 72.2 Å². The lowest BCUT2D eigenvalue weighted by molar-refractivity contribution is -0.119. The van der Waals surface area contributed by atoms with Crippen molar-refractivity contribution >= 4 is 38.3 Å². The van der Waals surface area contributed by atoms with Crippen molar-refractivity contribution in [2.45, 2.75) is 49.5 Å². The second-order valence-corrected chi connectivity index (χ2v) is 7.76. The molecule has 1 saturated carbocycles. The molecule has 116 valence electrons. The number of nitrogens with one attached hydrogen (secondary N) is 1. The van der Waals surface area contributed by atoms with E-state index >= 15 is 0 Å². The van der Waals surface area contributed by atoms with Crippen LogP contribution in [0.25, 0.3) is 0 Å². The number of carbonyl (C=O) groups excluding carboxylic acids is 1. The summed E-state index contributed by atoms with van der Waals surface area (Å²) >= 11 is 3.33. The van der Waals surface area contributed by atoms with Gasteiger partial charge in [-0.3, -0.25) is 9.00 Å². The van der Waals surface area contributed by atoms with Crippen molar-refractivity contribution in [2.75, 3.05) is 11.5 Å². The largest absolute Gasteiger partial charge is 0.398 e. The Bertz CT molecular complexity index is 528. The molecular formula is C15H21BrN2O2S. The van der Waals surface area contributed by atoms with Crippen LogP contribution in [0.2, 0.25) is 0 Å². The minimum absolute atomic E-state index is 0.0306. The molecule has 1 aliphatic carbocycles. The van der Waals surface area contributed by atoms with Crippen LogP contribution in [0.4, 0.5) is 5.69 Å². The van der Waals surface area contributed by atoms with Gasteiger partial charge in [0.15, 0.2) is 0 Å². The van der Waals surface area contributed by atoms with Crippen LogP contribution in [0.5, 0.6) is 0 Å². The van der Waals surface area contributed by atoms with Crippen LogP contribution in [0.3, 0.4) is 0 Å². The quantitative estimate of drug-likeness (QED) is 0.630. The average molecular weight is 373 g/mol. The van der Waals surface area contributed by atoms with Gasteiger partial charge in [-0.25, -0.2) is 0 Å². The SMILES string of the molecule is Nc1ccc(Br)cc1S(=O)CC(=O)NC1CCCCCC1. The molecule has 1 fully saturated rings. The van der Waals surface area contributed by atoms with Crippen LogP contribution in [0.15, 0.2) is 27.6 Å². The molecule has 2 rings (SSSR count). The number of hydrogen-bond acceptors (Lipinski definition) is 3. The average Bonchev–Trinajstić information content (AvgIpc) is 2.70. The first-order valence-electron chi connectivity index (χ1n) is 7.29. The highest BCUT2D eigenvalue weighted by atomic mass is 79.9. The van der Waals surface area contributed by atoms with Crippen molar-refractivity contribution in [2.24, 2.45) is 0 Å². The lowest BCUT2D eigenvalue weighted by Gasteiger charge is -2.16. The molecule has 6 heteroatoms. The first-order chi connectivity index (χ1) is 10.1. The Morgan fingerprint density at radius 1 is 1.29 bits per heavy atom. The van der Waals surface area contributed by atoms with Gasteiger partial charge in [-0.05, 0) is 31.0 Å². The lowest BCUT2D eigenvalue weighted by Crippen LogP contribution is -2.37. The summed E-state index contributed by atoms with van der Waals surface area (Å²) in [5.74, 6) is -0.184. The van der Waals surface area contributed by atoms with E-state index in [-0.39, 0.29) is 17.7 Å². The molecule has 21 heavy (non-hydrogen) atoms. The molecule has 0 spiro atoms. The molecule has 0 aromatic heterocycles. The van der Waals surface area contributed by atoms with Crippen molar-refractivity contribution in [3.63, 3.8) is 0 Å². The van der Waals surface area contributed by atoms with Gasteiger partial charge in [-0.1, -0.05) is 41.6 Å². The third kappa shape index (κ3) is 5.11. The van der Waals surface area contributed by atoms with E-state index in [4.69, 9.17) is 5.73 Å². The number of rotatable bonds is 4. The zero-order chi connectivity index (χ0) is 15.2. The van der Waals surface area contributed by atoms with Crippen molar-refractivity contribution < 1.29 is 9.00 Å². The molecule has 1 aliphatic rings. The molecule has 0 saturated heterocycles. The summed E-state index contributed by atoms with van der Waals surface area (Å²) < 4.78 is 13.1. The zero-order valence-corrected chi connectivity index (χ0v) is 14.3. The monoisotopic (exact) mass is 372 g/mol. The van der Waals surface area contributed by atoms with Crippen LogP contribution in [0.1, 0.15) is 38.5 Å². The van der Waals surface area contributed by atoms with Gasteiger partial charge in [0.2, 0.25) is 5.91 Å². The van der Waals surface area contributed by atoms with E-state index in [1.165, 1.54) is 12.8 Å². The Balaban J connectivity index is 1.92. The molecule has 1 unspecified atom stereocenters. The van der Waals surface area contributed by atoms with Crippen molar-refractivity contribution in [1.29, 1.82) is 0 Å². The number of nitrogens with two attached hydrogens (primary N) is 1. The van der Waals surface area contributed by atoms with Gasteiger partial charge >= 0.3 is 0 Å². The van der Waals surface area contributed by atoms with Crippen LogP contribution >= 0.6 is 15.9 Å². The molecule has 0 heterocycles. The number of hydrogen-bond donors (Lipinski definition) is 2.